The fraction of sp³-hybridized carbons (Fsp3) is 0.333. The second-order valence-corrected chi connectivity index (χ2v) is 5.53. The zero-order valence-corrected chi connectivity index (χ0v) is 13.3. The van der Waals surface area contributed by atoms with E-state index < -0.39 is 17.8 Å². The zero-order chi connectivity index (χ0) is 17.3. The van der Waals surface area contributed by atoms with Crippen LogP contribution in [0, 0.1) is 0 Å². The molecule has 2 aromatic rings. The van der Waals surface area contributed by atoms with Crippen LogP contribution in [0.4, 0.5) is 13.2 Å². The van der Waals surface area contributed by atoms with Crippen molar-refractivity contribution in [1.29, 1.82) is 0 Å². The maximum Gasteiger partial charge on any atom is 0.416 e. The Hall–Kier alpha value is -2.21. The summed E-state index contributed by atoms with van der Waals surface area (Å²) in [4.78, 5) is 0. The molecule has 3 nitrogen and oxygen atoms in total. The Morgan fingerprint density at radius 3 is 2.42 bits per heavy atom. The van der Waals surface area contributed by atoms with Crippen LogP contribution in [0.1, 0.15) is 28.4 Å². The Kier molecular flexibility index (Phi) is 4.41. The number of ether oxygens (including phenoxy) is 3. The van der Waals surface area contributed by atoms with E-state index in [1.54, 1.807) is 19.2 Å². The van der Waals surface area contributed by atoms with Crippen molar-refractivity contribution in [3.05, 3.63) is 58.7 Å². The van der Waals surface area contributed by atoms with Crippen LogP contribution in [0.5, 0.6) is 11.5 Å². The molecule has 0 N–H and O–H groups in total. The highest BCUT2D eigenvalue weighted by atomic mass is 19.4. The highest BCUT2D eigenvalue weighted by Gasteiger charge is 2.32. The number of halogens is 3. The molecule has 1 atom stereocenters. The number of benzene rings is 2. The molecule has 0 amide bonds. The average molecular weight is 338 g/mol. The van der Waals surface area contributed by atoms with Crippen LogP contribution in [0.25, 0.3) is 0 Å². The van der Waals surface area contributed by atoms with Gasteiger partial charge in [-0.2, -0.15) is 13.2 Å². The maximum atomic E-state index is 13.0. The molecule has 3 rings (SSSR count). The van der Waals surface area contributed by atoms with Gasteiger partial charge in [-0.1, -0.05) is 12.1 Å². The Labute approximate surface area is 138 Å². The first-order chi connectivity index (χ1) is 11.4. The van der Waals surface area contributed by atoms with Crippen LogP contribution in [-0.2, 0) is 17.3 Å². The fourth-order valence-corrected chi connectivity index (χ4v) is 2.93. The van der Waals surface area contributed by atoms with Gasteiger partial charge in [0.15, 0.2) is 11.5 Å². The van der Waals surface area contributed by atoms with E-state index in [1.165, 1.54) is 13.2 Å². The van der Waals surface area contributed by atoms with Gasteiger partial charge in [0, 0.05) is 0 Å². The quantitative estimate of drug-likeness (QED) is 0.831. The van der Waals surface area contributed by atoms with Crippen LogP contribution in [-0.4, -0.2) is 20.8 Å². The van der Waals surface area contributed by atoms with Crippen molar-refractivity contribution < 1.29 is 27.4 Å². The van der Waals surface area contributed by atoms with Gasteiger partial charge in [-0.3, -0.25) is 0 Å². The lowest BCUT2D eigenvalue weighted by molar-refractivity contribution is -0.137. The molecule has 0 bridgehead atoms. The van der Waals surface area contributed by atoms with Crippen molar-refractivity contribution in [2.45, 2.75) is 18.7 Å². The van der Waals surface area contributed by atoms with E-state index in [1.807, 2.05) is 6.07 Å². The Morgan fingerprint density at radius 2 is 1.75 bits per heavy atom. The summed E-state index contributed by atoms with van der Waals surface area (Å²) in [5.41, 5.74) is 1.58. The summed E-state index contributed by atoms with van der Waals surface area (Å²) in [6.07, 6.45) is -4.27. The van der Waals surface area contributed by atoms with E-state index in [2.05, 4.69) is 0 Å². The molecule has 0 aromatic heterocycles. The minimum absolute atomic E-state index is 0.434. The van der Waals surface area contributed by atoms with E-state index in [-0.39, 0.29) is 0 Å². The van der Waals surface area contributed by atoms with Crippen molar-refractivity contribution >= 4 is 0 Å². The number of rotatable bonds is 3. The van der Waals surface area contributed by atoms with Gasteiger partial charge in [-0.15, -0.1) is 0 Å². The fourth-order valence-electron chi connectivity index (χ4n) is 2.93. The predicted molar refractivity (Wildman–Crippen MR) is 82.5 cm³/mol. The van der Waals surface area contributed by atoms with Crippen LogP contribution in [0.3, 0.4) is 0 Å². The van der Waals surface area contributed by atoms with Gasteiger partial charge < -0.3 is 14.2 Å². The number of hydrogen-bond donors (Lipinski definition) is 0. The van der Waals surface area contributed by atoms with Crippen LogP contribution < -0.4 is 9.47 Å². The van der Waals surface area contributed by atoms with Crippen molar-refractivity contribution in [1.82, 2.24) is 0 Å². The molecule has 0 spiro atoms. The van der Waals surface area contributed by atoms with Gasteiger partial charge >= 0.3 is 6.18 Å². The smallest absolute Gasteiger partial charge is 0.416 e. The molecular formula is C18H17F3O3. The summed E-state index contributed by atoms with van der Waals surface area (Å²) >= 11 is 0. The Balaban J connectivity index is 2.07. The molecule has 6 heteroatoms. The van der Waals surface area contributed by atoms with Gasteiger partial charge in [0.05, 0.1) is 26.4 Å². The van der Waals surface area contributed by atoms with Crippen molar-refractivity contribution in [3.8, 4) is 11.5 Å². The number of alkyl halides is 3. The first kappa shape index (κ1) is 16.6. The van der Waals surface area contributed by atoms with Crippen molar-refractivity contribution in [3.63, 3.8) is 0 Å². The van der Waals surface area contributed by atoms with Gasteiger partial charge in [0.1, 0.15) is 6.10 Å². The molecule has 128 valence electrons. The number of fused-ring (bicyclic) bond motifs is 1. The molecule has 1 aliphatic heterocycles. The highest BCUT2D eigenvalue weighted by molar-refractivity contribution is 5.51. The second-order valence-electron chi connectivity index (χ2n) is 5.53. The first-order valence-electron chi connectivity index (χ1n) is 7.47. The Bertz CT molecular complexity index is 741. The predicted octanol–water partition coefficient (Wildman–Crippen LogP) is 4.38. The summed E-state index contributed by atoms with van der Waals surface area (Å²) < 4.78 is 55.3. The Morgan fingerprint density at radius 1 is 1.04 bits per heavy atom. The van der Waals surface area contributed by atoms with E-state index >= 15 is 0 Å². The average Bonchev–Trinajstić information content (AvgIpc) is 2.59. The number of methoxy groups -OCH3 is 2. The van der Waals surface area contributed by atoms with Crippen molar-refractivity contribution in [2.75, 3.05) is 20.8 Å². The summed E-state index contributed by atoms with van der Waals surface area (Å²) in [7, 11) is 3.07. The molecule has 0 radical (unpaired) electrons. The monoisotopic (exact) mass is 338 g/mol. The van der Waals surface area contributed by atoms with Crippen LogP contribution in [0.2, 0.25) is 0 Å². The SMILES string of the molecule is COc1cc2c(cc1OC)[C@H](c1cccc(C(F)(F)F)c1)OCC2. The molecule has 0 saturated heterocycles. The van der Waals surface area contributed by atoms with Crippen LogP contribution in [0.15, 0.2) is 36.4 Å². The normalized spacial score (nSPS) is 17.3. The van der Waals surface area contributed by atoms with E-state index in [4.69, 9.17) is 14.2 Å². The topological polar surface area (TPSA) is 27.7 Å². The molecule has 0 saturated carbocycles. The van der Waals surface area contributed by atoms with Gasteiger partial charge in [0.2, 0.25) is 0 Å². The van der Waals surface area contributed by atoms with Gasteiger partial charge in [-0.25, -0.2) is 0 Å². The van der Waals surface area contributed by atoms with E-state index in [0.717, 1.165) is 23.3 Å². The second kappa shape index (κ2) is 6.36. The largest absolute Gasteiger partial charge is 0.493 e. The lowest BCUT2D eigenvalue weighted by Crippen LogP contribution is -2.18. The maximum absolute atomic E-state index is 13.0. The first-order valence-corrected chi connectivity index (χ1v) is 7.47. The summed E-state index contributed by atoms with van der Waals surface area (Å²) in [5, 5.41) is 0. The zero-order valence-electron chi connectivity index (χ0n) is 13.3. The molecule has 0 unspecified atom stereocenters. The summed E-state index contributed by atoms with van der Waals surface area (Å²) in [6, 6.07) is 8.87. The highest BCUT2D eigenvalue weighted by Crippen LogP contribution is 2.40. The molecule has 2 aromatic carbocycles. The van der Waals surface area contributed by atoms with Crippen LogP contribution >= 0.6 is 0 Å². The third-order valence-corrected chi connectivity index (χ3v) is 4.10. The van der Waals surface area contributed by atoms with E-state index in [0.29, 0.717) is 30.1 Å². The van der Waals surface area contributed by atoms with Gasteiger partial charge in [-0.05, 0) is 47.4 Å². The minimum Gasteiger partial charge on any atom is -0.493 e. The molecule has 0 fully saturated rings. The van der Waals surface area contributed by atoms with E-state index in [9.17, 15) is 13.2 Å². The molecule has 1 heterocycles. The minimum atomic E-state index is -4.38. The molecule has 1 aliphatic rings. The molecule has 24 heavy (non-hydrogen) atoms. The molecule has 0 aliphatic carbocycles. The third-order valence-electron chi connectivity index (χ3n) is 4.10. The van der Waals surface area contributed by atoms with Gasteiger partial charge in [0.25, 0.3) is 0 Å². The number of hydrogen-bond acceptors (Lipinski definition) is 3. The third kappa shape index (κ3) is 3.06. The standard InChI is InChI=1S/C18H17F3O3/c1-22-15-9-11-6-7-24-17(14(11)10-16(15)23-2)12-4-3-5-13(8-12)18(19,20)21/h3-5,8-10,17H,6-7H2,1-2H3/t17-/m0/s1. The lowest BCUT2D eigenvalue weighted by atomic mass is 9.91. The summed E-state index contributed by atoms with van der Waals surface area (Å²) in [6.45, 7) is 0.434. The summed E-state index contributed by atoms with van der Waals surface area (Å²) in [5.74, 6) is 1.12. The lowest BCUT2D eigenvalue weighted by Gasteiger charge is -2.28. The molecular weight excluding hydrogens is 321 g/mol. The van der Waals surface area contributed by atoms with Crippen molar-refractivity contribution in [2.24, 2.45) is 0 Å².